The quantitative estimate of drug-likeness (QED) is 0.788. The van der Waals surface area contributed by atoms with E-state index >= 15 is 0 Å². The predicted octanol–water partition coefficient (Wildman–Crippen LogP) is 0.309. The van der Waals surface area contributed by atoms with Crippen LogP contribution < -0.4 is 5.32 Å². The zero-order valence-electron chi connectivity index (χ0n) is 12.4. The van der Waals surface area contributed by atoms with E-state index in [1.54, 1.807) is 0 Å². The van der Waals surface area contributed by atoms with Crippen molar-refractivity contribution in [3.8, 4) is 0 Å². The summed E-state index contributed by atoms with van der Waals surface area (Å²) in [6.45, 7) is 7.52. The van der Waals surface area contributed by atoms with Crippen LogP contribution in [0, 0.1) is 5.92 Å². The average molecular weight is 281 g/mol. The third kappa shape index (κ3) is 4.17. The lowest BCUT2D eigenvalue weighted by Crippen LogP contribution is -2.46. The predicted molar refractivity (Wildman–Crippen MR) is 77.6 cm³/mol. The van der Waals surface area contributed by atoms with E-state index < -0.39 is 0 Å². The number of rotatable bonds is 5. The molecule has 20 heavy (non-hydrogen) atoms. The second-order valence-electron chi connectivity index (χ2n) is 6.39. The maximum absolute atomic E-state index is 12.1. The third-order valence-corrected chi connectivity index (χ3v) is 4.71. The van der Waals surface area contributed by atoms with Crippen molar-refractivity contribution < 1.29 is 9.53 Å². The van der Waals surface area contributed by atoms with E-state index in [-0.39, 0.29) is 0 Å². The Morgan fingerprint density at radius 2 is 1.75 bits per heavy atom. The van der Waals surface area contributed by atoms with E-state index in [0.29, 0.717) is 18.5 Å². The Bertz CT molecular complexity index is 319. The van der Waals surface area contributed by atoms with Crippen LogP contribution in [0.5, 0.6) is 0 Å². The van der Waals surface area contributed by atoms with Gasteiger partial charge in [0.1, 0.15) is 0 Å². The molecule has 3 aliphatic rings. The van der Waals surface area contributed by atoms with Crippen molar-refractivity contribution in [3.63, 3.8) is 0 Å². The Morgan fingerprint density at radius 1 is 1.05 bits per heavy atom. The zero-order valence-corrected chi connectivity index (χ0v) is 12.4. The molecule has 1 aliphatic carbocycles. The van der Waals surface area contributed by atoms with Crippen LogP contribution >= 0.6 is 0 Å². The summed E-state index contributed by atoms with van der Waals surface area (Å²) >= 11 is 0. The highest BCUT2D eigenvalue weighted by atomic mass is 16.5. The monoisotopic (exact) mass is 281 g/mol. The van der Waals surface area contributed by atoms with Gasteiger partial charge in [0.25, 0.3) is 0 Å². The Labute approximate surface area is 121 Å². The molecule has 2 saturated heterocycles. The Balaban J connectivity index is 1.34. The maximum atomic E-state index is 12.1. The highest BCUT2D eigenvalue weighted by Gasteiger charge is 2.26. The van der Waals surface area contributed by atoms with Gasteiger partial charge in [0.05, 0.1) is 19.8 Å². The van der Waals surface area contributed by atoms with Crippen LogP contribution in [0.25, 0.3) is 0 Å². The molecular formula is C15H27N3O2. The van der Waals surface area contributed by atoms with Crippen LogP contribution in [0.2, 0.25) is 0 Å². The van der Waals surface area contributed by atoms with Crippen molar-refractivity contribution in [3.05, 3.63) is 0 Å². The van der Waals surface area contributed by atoms with Gasteiger partial charge in [-0.15, -0.1) is 0 Å². The normalized spacial score (nSPS) is 25.9. The van der Waals surface area contributed by atoms with E-state index in [0.717, 1.165) is 58.2 Å². The van der Waals surface area contributed by atoms with E-state index in [4.69, 9.17) is 4.74 Å². The summed E-state index contributed by atoms with van der Waals surface area (Å²) in [6.07, 6.45) is 4.81. The number of morpholine rings is 1. The Kier molecular flexibility index (Phi) is 4.91. The standard InChI is InChI=1S/C15H27N3O2/c19-15(11-16-14-1-2-14)18-5-3-13(4-6-18)12-17-7-9-20-10-8-17/h13-14,16H,1-12H2. The summed E-state index contributed by atoms with van der Waals surface area (Å²) in [6, 6.07) is 0.623. The van der Waals surface area contributed by atoms with Crippen LogP contribution in [0.1, 0.15) is 25.7 Å². The van der Waals surface area contributed by atoms with Gasteiger partial charge in [0, 0.05) is 38.8 Å². The van der Waals surface area contributed by atoms with Gasteiger partial charge in [-0.1, -0.05) is 0 Å². The van der Waals surface area contributed by atoms with Crippen molar-refractivity contribution >= 4 is 5.91 Å². The zero-order chi connectivity index (χ0) is 13.8. The number of carbonyl (C=O) groups is 1. The highest BCUT2D eigenvalue weighted by molar-refractivity contribution is 5.78. The fourth-order valence-corrected chi connectivity index (χ4v) is 3.14. The number of carbonyl (C=O) groups excluding carboxylic acids is 1. The van der Waals surface area contributed by atoms with Gasteiger partial charge in [-0.25, -0.2) is 0 Å². The van der Waals surface area contributed by atoms with Gasteiger partial charge >= 0.3 is 0 Å². The molecule has 2 aliphatic heterocycles. The van der Waals surface area contributed by atoms with Gasteiger partial charge in [-0.2, -0.15) is 0 Å². The molecule has 0 radical (unpaired) electrons. The first-order chi connectivity index (χ1) is 9.81. The van der Waals surface area contributed by atoms with Gasteiger partial charge in [0.15, 0.2) is 0 Å². The first-order valence-electron chi connectivity index (χ1n) is 8.12. The molecule has 1 amide bonds. The second-order valence-corrected chi connectivity index (χ2v) is 6.39. The van der Waals surface area contributed by atoms with Gasteiger partial charge in [-0.05, 0) is 31.6 Å². The molecule has 0 aromatic carbocycles. The third-order valence-electron chi connectivity index (χ3n) is 4.71. The van der Waals surface area contributed by atoms with Gasteiger partial charge in [0.2, 0.25) is 5.91 Å². The fraction of sp³-hybridized carbons (Fsp3) is 0.933. The Morgan fingerprint density at radius 3 is 2.40 bits per heavy atom. The first-order valence-corrected chi connectivity index (χ1v) is 8.12. The molecular weight excluding hydrogens is 254 g/mol. The summed E-state index contributed by atoms with van der Waals surface area (Å²) in [5.74, 6) is 1.05. The van der Waals surface area contributed by atoms with Gasteiger partial charge < -0.3 is 15.0 Å². The molecule has 2 heterocycles. The molecule has 0 unspecified atom stereocenters. The molecule has 3 rings (SSSR count). The summed E-state index contributed by atoms with van der Waals surface area (Å²) in [4.78, 5) is 16.6. The van der Waals surface area contributed by atoms with Crippen molar-refractivity contribution in [1.82, 2.24) is 15.1 Å². The van der Waals surface area contributed by atoms with Crippen molar-refractivity contribution in [1.29, 1.82) is 0 Å². The lowest BCUT2D eigenvalue weighted by molar-refractivity contribution is -0.131. The lowest BCUT2D eigenvalue weighted by atomic mass is 9.96. The summed E-state index contributed by atoms with van der Waals surface area (Å²) in [5, 5.41) is 3.32. The first kappa shape index (κ1) is 14.3. The number of piperidine rings is 1. The summed E-state index contributed by atoms with van der Waals surface area (Å²) < 4.78 is 5.39. The number of ether oxygens (including phenoxy) is 1. The molecule has 114 valence electrons. The molecule has 3 fully saturated rings. The molecule has 0 atom stereocenters. The van der Waals surface area contributed by atoms with E-state index in [1.807, 2.05) is 4.90 Å². The largest absolute Gasteiger partial charge is 0.379 e. The number of hydrogen-bond acceptors (Lipinski definition) is 4. The summed E-state index contributed by atoms with van der Waals surface area (Å²) in [7, 11) is 0. The van der Waals surface area contributed by atoms with E-state index in [1.165, 1.54) is 19.4 Å². The number of amides is 1. The van der Waals surface area contributed by atoms with Crippen molar-refractivity contribution in [2.75, 3.05) is 52.5 Å². The number of likely N-dealkylation sites (tertiary alicyclic amines) is 1. The molecule has 5 nitrogen and oxygen atoms in total. The van der Waals surface area contributed by atoms with Gasteiger partial charge in [-0.3, -0.25) is 9.69 Å². The van der Waals surface area contributed by atoms with Crippen molar-refractivity contribution in [2.45, 2.75) is 31.7 Å². The number of nitrogens with zero attached hydrogens (tertiary/aromatic N) is 2. The van der Waals surface area contributed by atoms with Crippen LogP contribution in [-0.4, -0.2) is 74.2 Å². The molecule has 1 saturated carbocycles. The van der Waals surface area contributed by atoms with Crippen LogP contribution in [0.15, 0.2) is 0 Å². The SMILES string of the molecule is O=C(CNC1CC1)N1CCC(CN2CCOCC2)CC1. The lowest BCUT2D eigenvalue weighted by Gasteiger charge is -2.36. The highest BCUT2D eigenvalue weighted by Crippen LogP contribution is 2.20. The molecule has 0 spiro atoms. The topological polar surface area (TPSA) is 44.8 Å². The molecule has 0 aromatic rings. The number of nitrogens with one attached hydrogen (secondary N) is 1. The average Bonchev–Trinajstić information content (AvgIpc) is 3.31. The fourth-order valence-electron chi connectivity index (χ4n) is 3.14. The number of hydrogen-bond donors (Lipinski definition) is 1. The van der Waals surface area contributed by atoms with Crippen molar-refractivity contribution in [2.24, 2.45) is 5.92 Å². The minimum atomic E-state index is 0.293. The summed E-state index contributed by atoms with van der Waals surface area (Å²) in [5.41, 5.74) is 0. The minimum Gasteiger partial charge on any atom is -0.379 e. The maximum Gasteiger partial charge on any atom is 0.236 e. The van der Waals surface area contributed by atoms with E-state index in [9.17, 15) is 4.79 Å². The van der Waals surface area contributed by atoms with Crippen LogP contribution in [0.4, 0.5) is 0 Å². The van der Waals surface area contributed by atoms with E-state index in [2.05, 4.69) is 10.2 Å². The minimum absolute atomic E-state index is 0.293. The molecule has 5 heteroatoms. The van der Waals surface area contributed by atoms with Crippen LogP contribution in [-0.2, 0) is 9.53 Å². The molecule has 0 bridgehead atoms. The smallest absolute Gasteiger partial charge is 0.236 e. The second kappa shape index (κ2) is 6.87. The van der Waals surface area contributed by atoms with Crippen LogP contribution in [0.3, 0.4) is 0 Å². The molecule has 0 aromatic heterocycles. The Hall–Kier alpha value is -0.650. The molecule has 1 N–H and O–H groups in total.